The highest BCUT2D eigenvalue weighted by Crippen LogP contribution is 2.32. The van der Waals surface area contributed by atoms with E-state index in [2.05, 4.69) is 34.3 Å². The number of methoxy groups -OCH3 is 1. The van der Waals surface area contributed by atoms with E-state index in [1.54, 1.807) is 0 Å². The maximum atomic E-state index is 11.3. The Hall–Kier alpha value is -2.56. The van der Waals surface area contributed by atoms with Gasteiger partial charge < -0.3 is 19.7 Å². The van der Waals surface area contributed by atoms with Crippen molar-refractivity contribution in [3.05, 3.63) is 36.4 Å². The van der Waals surface area contributed by atoms with Gasteiger partial charge in [0.1, 0.15) is 0 Å². The molecule has 0 heterocycles. The van der Waals surface area contributed by atoms with Gasteiger partial charge in [-0.15, -0.1) is 0 Å². The Morgan fingerprint density at radius 3 is 2.60 bits per heavy atom. The van der Waals surface area contributed by atoms with E-state index >= 15 is 0 Å². The highest BCUT2D eigenvalue weighted by molar-refractivity contribution is 7.99. The summed E-state index contributed by atoms with van der Waals surface area (Å²) in [6.45, 7) is 0. The molecule has 0 saturated carbocycles. The number of anilines is 2. The SMILES string of the molecule is COOC=NSNc1cccc2cccc(NC(=S)NC(=O)OC)c12. The molecule has 0 aromatic heterocycles. The molecule has 2 aromatic rings. The first-order valence-electron chi connectivity index (χ1n) is 6.96. The fourth-order valence-electron chi connectivity index (χ4n) is 1.99. The molecule has 0 fully saturated rings. The number of rotatable bonds is 6. The molecule has 10 heteroatoms. The summed E-state index contributed by atoms with van der Waals surface area (Å²) >= 11 is 6.18. The number of benzene rings is 2. The number of nitrogens with one attached hydrogen (secondary N) is 3. The van der Waals surface area contributed by atoms with Gasteiger partial charge in [-0.25, -0.2) is 4.79 Å². The van der Waals surface area contributed by atoms with Crippen molar-refractivity contribution in [1.82, 2.24) is 5.32 Å². The van der Waals surface area contributed by atoms with Crippen molar-refractivity contribution in [1.29, 1.82) is 0 Å². The van der Waals surface area contributed by atoms with Gasteiger partial charge in [0.15, 0.2) is 5.11 Å². The molecule has 0 unspecified atom stereocenters. The third kappa shape index (κ3) is 5.48. The van der Waals surface area contributed by atoms with Gasteiger partial charge in [0.2, 0.25) is 6.40 Å². The van der Waals surface area contributed by atoms with Crippen LogP contribution < -0.4 is 15.4 Å². The summed E-state index contributed by atoms with van der Waals surface area (Å²) in [7, 11) is 2.65. The number of hydrogen-bond acceptors (Lipinski definition) is 8. The molecule has 25 heavy (non-hydrogen) atoms. The van der Waals surface area contributed by atoms with E-state index in [4.69, 9.17) is 12.2 Å². The normalized spacial score (nSPS) is 10.5. The number of alkyl carbamates (subject to hydrolysis) is 1. The van der Waals surface area contributed by atoms with E-state index < -0.39 is 6.09 Å². The fourth-order valence-corrected chi connectivity index (χ4v) is 2.58. The zero-order valence-electron chi connectivity index (χ0n) is 13.4. The fraction of sp³-hybridized carbons (Fsp3) is 0.133. The van der Waals surface area contributed by atoms with Crippen molar-refractivity contribution in [3.63, 3.8) is 0 Å². The molecule has 2 aromatic carbocycles. The third-order valence-electron chi connectivity index (χ3n) is 2.94. The van der Waals surface area contributed by atoms with Gasteiger partial charge in [-0.05, 0) is 29.7 Å². The quantitative estimate of drug-likeness (QED) is 0.175. The second-order valence-corrected chi connectivity index (χ2v) is 5.45. The highest BCUT2D eigenvalue weighted by atomic mass is 32.2. The minimum atomic E-state index is -0.640. The van der Waals surface area contributed by atoms with Crippen LogP contribution in [0.2, 0.25) is 0 Å². The molecule has 0 aliphatic rings. The van der Waals surface area contributed by atoms with Gasteiger partial charge in [-0.2, -0.15) is 9.29 Å². The van der Waals surface area contributed by atoms with Crippen LogP contribution in [0.1, 0.15) is 0 Å². The molecule has 0 bridgehead atoms. The molecule has 0 aliphatic heterocycles. The smallest absolute Gasteiger partial charge is 0.413 e. The largest absolute Gasteiger partial charge is 0.453 e. The van der Waals surface area contributed by atoms with Crippen LogP contribution in [0.25, 0.3) is 10.8 Å². The monoisotopic (exact) mass is 380 g/mol. The van der Waals surface area contributed by atoms with Crippen LogP contribution in [0.4, 0.5) is 16.2 Å². The zero-order chi connectivity index (χ0) is 18.1. The predicted molar refractivity (Wildman–Crippen MR) is 104 cm³/mol. The summed E-state index contributed by atoms with van der Waals surface area (Å²) in [5, 5.41) is 7.39. The second-order valence-electron chi connectivity index (χ2n) is 4.45. The Balaban J connectivity index is 2.22. The van der Waals surface area contributed by atoms with Crippen LogP contribution in [0.15, 0.2) is 40.8 Å². The van der Waals surface area contributed by atoms with E-state index in [-0.39, 0.29) is 5.11 Å². The molecule has 2 rings (SSSR count). The second kappa shape index (κ2) is 9.67. The maximum absolute atomic E-state index is 11.3. The first-order chi connectivity index (χ1) is 12.2. The van der Waals surface area contributed by atoms with Crippen molar-refractivity contribution in [2.24, 2.45) is 4.40 Å². The van der Waals surface area contributed by atoms with Crippen LogP contribution in [0.5, 0.6) is 0 Å². The minimum Gasteiger partial charge on any atom is -0.453 e. The first kappa shape index (κ1) is 18.8. The average molecular weight is 380 g/mol. The van der Waals surface area contributed by atoms with Gasteiger partial charge >= 0.3 is 6.09 Å². The summed E-state index contributed by atoms with van der Waals surface area (Å²) in [4.78, 5) is 20.2. The van der Waals surface area contributed by atoms with E-state index in [9.17, 15) is 4.79 Å². The zero-order valence-corrected chi connectivity index (χ0v) is 15.1. The van der Waals surface area contributed by atoms with Gasteiger partial charge in [-0.3, -0.25) is 5.32 Å². The third-order valence-corrected chi connectivity index (χ3v) is 3.65. The number of hydrogen-bond donors (Lipinski definition) is 3. The lowest BCUT2D eigenvalue weighted by molar-refractivity contribution is -0.187. The van der Waals surface area contributed by atoms with Gasteiger partial charge in [0, 0.05) is 5.39 Å². The Kier molecular flexibility index (Phi) is 7.26. The van der Waals surface area contributed by atoms with Crippen LogP contribution >= 0.6 is 24.4 Å². The van der Waals surface area contributed by atoms with E-state index in [0.717, 1.165) is 40.7 Å². The standard InChI is InChI=1S/C15H16N4O4S2/c1-21-15(20)18-14(24)17-11-7-3-5-10-6-4-8-12(13(10)11)19-25-16-9-23-22-2/h3-9,19H,1-2H3,(H2,17,18,20,24). The number of fused-ring (bicyclic) bond motifs is 1. The molecule has 8 nitrogen and oxygen atoms in total. The van der Waals surface area contributed by atoms with Gasteiger partial charge in [0.25, 0.3) is 0 Å². The Morgan fingerprint density at radius 2 is 1.92 bits per heavy atom. The summed E-state index contributed by atoms with van der Waals surface area (Å²) in [6, 6.07) is 11.5. The Morgan fingerprint density at radius 1 is 1.20 bits per heavy atom. The van der Waals surface area contributed by atoms with E-state index in [1.165, 1.54) is 14.2 Å². The predicted octanol–water partition coefficient (Wildman–Crippen LogP) is 3.47. The maximum Gasteiger partial charge on any atom is 0.413 e. The summed E-state index contributed by atoms with van der Waals surface area (Å²) in [6.07, 6.45) is 0.524. The van der Waals surface area contributed by atoms with Crippen molar-refractivity contribution in [2.45, 2.75) is 0 Å². The summed E-state index contributed by atoms with van der Waals surface area (Å²) in [5.74, 6) is 0. The summed E-state index contributed by atoms with van der Waals surface area (Å²) in [5.41, 5.74) is 1.53. The lowest BCUT2D eigenvalue weighted by Gasteiger charge is -2.14. The van der Waals surface area contributed by atoms with Crippen molar-refractivity contribution in [2.75, 3.05) is 24.3 Å². The lowest BCUT2D eigenvalue weighted by Crippen LogP contribution is -2.33. The van der Waals surface area contributed by atoms with E-state index in [0.29, 0.717) is 0 Å². The van der Waals surface area contributed by atoms with Crippen molar-refractivity contribution in [3.8, 4) is 0 Å². The number of carbonyl (C=O) groups excluding carboxylic acids is 1. The highest BCUT2D eigenvalue weighted by Gasteiger charge is 2.09. The Labute approximate surface area is 154 Å². The molecule has 132 valence electrons. The van der Waals surface area contributed by atoms with Crippen LogP contribution in [-0.2, 0) is 14.5 Å². The minimum absolute atomic E-state index is 0.133. The molecule has 0 radical (unpaired) electrons. The number of thiocarbonyl (C=S) groups is 1. The average Bonchev–Trinajstić information content (AvgIpc) is 2.61. The summed E-state index contributed by atoms with van der Waals surface area (Å²) < 4.78 is 11.5. The van der Waals surface area contributed by atoms with Crippen LogP contribution in [0, 0.1) is 0 Å². The molecule has 0 aliphatic carbocycles. The van der Waals surface area contributed by atoms with Crippen molar-refractivity contribution >= 4 is 64.1 Å². The molecule has 0 saturated heterocycles. The number of carbonyl (C=O) groups is 1. The molecular weight excluding hydrogens is 364 g/mol. The molecule has 1 amide bonds. The number of ether oxygens (including phenoxy) is 1. The number of amides is 1. The Bertz CT molecular complexity index is 780. The molecular formula is C15H16N4O4S2. The molecule has 0 spiro atoms. The topological polar surface area (TPSA) is 93.2 Å². The number of nitrogens with zero attached hydrogens (tertiary/aromatic N) is 1. The molecule has 3 N–H and O–H groups in total. The van der Waals surface area contributed by atoms with Gasteiger partial charge in [-0.1, -0.05) is 24.3 Å². The van der Waals surface area contributed by atoms with Crippen LogP contribution in [0.3, 0.4) is 0 Å². The molecule has 0 atom stereocenters. The van der Waals surface area contributed by atoms with Gasteiger partial charge in [0.05, 0.1) is 37.7 Å². The van der Waals surface area contributed by atoms with Crippen LogP contribution in [-0.4, -0.2) is 31.8 Å². The van der Waals surface area contributed by atoms with Crippen molar-refractivity contribution < 1.29 is 19.3 Å². The first-order valence-corrected chi connectivity index (χ1v) is 8.15. The van der Waals surface area contributed by atoms with E-state index in [1.807, 2.05) is 36.4 Å². The lowest BCUT2D eigenvalue weighted by atomic mass is 10.1.